The van der Waals surface area contributed by atoms with Gasteiger partial charge in [-0.05, 0) is 49.2 Å². The van der Waals surface area contributed by atoms with E-state index in [9.17, 15) is 9.59 Å². The van der Waals surface area contributed by atoms with Gasteiger partial charge in [0.2, 0.25) is 5.78 Å². The molecule has 27 heavy (non-hydrogen) atoms. The van der Waals surface area contributed by atoms with E-state index in [2.05, 4.69) is 10.3 Å². The summed E-state index contributed by atoms with van der Waals surface area (Å²) in [6, 6.07) is 12.5. The first-order chi connectivity index (χ1) is 13.0. The lowest BCUT2D eigenvalue weighted by Crippen LogP contribution is -2.20. The Morgan fingerprint density at radius 3 is 2.33 bits per heavy atom. The van der Waals surface area contributed by atoms with E-state index >= 15 is 0 Å². The number of para-hydroxylation sites is 1. The minimum Gasteiger partial charge on any atom is -0.483 e. The van der Waals surface area contributed by atoms with Gasteiger partial charge in [-0.3, -0.25) is 9.59 Å². The Morgan fingerprint density at radius 2 is 1.74 bits per heavy atom. The number of carbonyl (C=O) groups is 2. The van der Waals surface area contributed by atoms with Crippen molar-refractivity contribution in [2.75, 3.05) is 11.9 Å². The SMILES string of the molecule is Cc1cccc(C)c1OCC(=O)Nc1ccc(C(=O)c2nccn2C)cc1. The number of anilines is 1. The molecule has 6 nitrogen and oxygen atoms in total. The lowest BCUT2D eigenvalue weighted by molar-refractivity contribution is -0.118. The molecule has 138 valence electrons. The summed E-state index contributed by atoms with van der Waals surface area (Å²) in [4.78, 5) is 28.6. The summed E-state index contributed by atoms with van der Waals surface area (Å²) < 4.78 is 7.32. The quantitative estimate of drug-likeness (QED) is 0.682. The first-order valence-corrected chi connectivity index (χ1v) is 8.56. The molecule has 0 aliphatic rings. The summed E-state index contributed by atoms with van der Waals surface area (Å²) in [6.45, 7) is 3.80. The second-order valence-electron chi connectivity index (χ2n) is 6.33. The van der Waals surface area contributed by atoms with Crippen LogP contribution in [0.3, 0.4) is 0 Å². The Hall–Kier alpha value is -3.41. The van der Waals surface area contributed by atoms with Crippen LogP contribution in [-0.2, 0) is 11.8 Å². The van der Waals surface area contributed by atoms with Gasteiger partial charge in [0.1, 0.15) is 5.75 Å². The fourth-order valence-electron chi connectivity index (χ4n) is 2.78. The third kappa shape index (κ3) is 4.23. The van der Waals surface area contributed by atoms with E-state index in [1.807, 2.05) is 32.0 Å². The number of hydrogen-bond donors (Lipinski definition) is 1. The van der Waals surface area contributed by atoms with Crippen LogP contribution in [0.15, 0.2) is 54.9 Å². The fourth-order valence-corrected chi connectivity index (χ4v) is 2.78. The van der Waals surface area contributed by atoms with Crippen molar-refractivity contribution in [2.24, 2.45) is 7.05 Å². The van der Waals surface area contributed by atoms with Crippen molar-refractivity contribution in [1.82, 2.24) is 9.55 Å². The number of benzene rings is 2. The number of rotatable bonds is 6. The molecule has 0 saturated carbocycles. The van der Waals surface area contributed by atoms with Crippen LogP contribution in [0, 0.1) is 13.8 Å². The second kappa shape index (κ2) is 7.86. The molecule has 6 heteroatoms. The summed E-state index contributed by atoms with van der Waals surface area (Å²) in [5.74, 6) is 0.664. The van der Waals surface area contributed by atoms with Gasteiger partial charge < -0.3 is 14.6 Å². The summed E-state index contributed by atoms with van der Waals surface area (Å²) >= 11 is 0. The number of ether oxygens (including phenoxy) is 1. The van der Waals surface area contributed by atoms with Crippen molar-refractivity contribution < 1.29 is 14.3 Å². The number of carbonyl (C=O) groups excluding carboxylic acids is 2. The Kier molecular flexibility index (Phi) is 5.35. The lowest BCUT2D eigenvalue weighted by Gasteiger charge is -2.12. The third-order valence-electron chi connectivity index (χ3n) is 4.21. The van der Waals surface area contributed by atoms with Crippen LogP contribution in [0.5, 0.6) is 5.75 Å². The highest BCUT2D eigenvalue weighted by atomic mass is 16.5. The van der Waals surface area contributed by atoms with Gasteiger partial charge in [0, 0.05) is 30.7 Å². The number of nitrogens with zero attached hydrogens (tertiary/aromatic N) is 2. The van der Waals surface area contributed by atoms with Crippen LogP contribution < -0.4 is 10.1 Å². The van der Waals surface area contributed by atoms with Gasteiger partial charge in [0.15, 0.2) is 12.4 Å². The zero-order valence-electron chi connectivity index (χ0n) is 15.5. The zero-order chi connectivity index (χ0) is 19.4. The van der Waals surface area contributed by atoms with Crippen molar-refractivity contribution in [3.8, 4) is 5.75 Å². The predicted molar refractivity (Wildman–Crippen MR) is 103 cm³/mol. The van der Waals surface area contributed by atoms with Gasteiger partial charge >= 0.3 is 0 Å². The van der Waals surface area contributed by atoms with Gasteiger partial charge in [-0.25, -0.2) is 4.98 Å². The van der Waals surface area contributed by atoms with E-state index in [4.69, 9.17) is 4.74 Å². The Labute approximate surface area is 157 Å². The topological polar surface area (TPSA) is 73.2 Å². The monoisotopic (exact) mass is 363 g/mol. The maximum atomic E-state index is 12.4. The molecule has 0 unspecified atom stereocenters. The Balaban J connectivity index is 1.60. The molecule has 1 aromatic heterocycles. The highest BCUT2D eigenvalue weighted by Gasteiger charge is 2.14. The third-order valence-corrected chi connectivity index (χ3v) is 4.21. The maximum absolute atomic E-state index is 12.4. The number of ketones is 1. The molecular formula is C21H21N3O3. The van der Waals surface area contributed by atoms with Crippen molar-refractivity contribution in [3.63, 3.8) is 0 Å². The normalized spacial score (nSPS) is 10.5. The molecule has 0 radical (unpaired) electrons. The number of imidazole rings is 1. The number of amides is 1. The van der Waals surface area contributed by atoms with Crippen LogP contribution in [0.1, 0.15) is 27.3 Å². The van der Waals surface area contributed by atoms with E-state index in [1.54, 1.807) is 48.3 Å². The fraction of sp³-hybridized carbons (Fsp3) is 0.190. The highest BCUT2D eigenvalue weighted by Crippen LogP contribution is 2.22. The van der Waals surface area contributed by atoms with E-state index in [0.29, 0.717) is 17.1 Å². The van der Waals surface area contributed by atoms with Crippen molar-refractivity contribution in [1.29, 1.82) is 0 Å². The zero-order valence-corrected chi connectivity index (χ0v) is 15.5. The molecule has 2 aromatic carbocycles. The van der Waals surface area contributed by atoms with E-state index in [-0.39, 0.29) is 18.3 Å². The molecular weight excluding hydrogens is 342 g/mol. The average Bonchev–Trinajstić information content (AvgIpc) is 3.07. The van der Waals surface area contributed by atoms with E-state index in [1.165, 1.54) is 0 Å². The summed E-state index contributed by atoms with van der Waals surface area (Å²) in [6.07, 6.45) is 3.30. The van der Waals surface area contributed by atoms with Crippen LogP contribution in [0.25, 0.3) is 0 Å². The smallest absolute Gasteiger partial charge is 0.262 e. The predicted octanol–water partition coefficient (Wildman–Crippen LogP) is 3.29. The molecule has 0 saturated heterocycles. The van der Waals surface area contributed by atoms with Crippen LogP contribution >= 0.6 is 0 Å². The van der Waals surface area contributed by atoms with Gasteiger partial charge in [-0.1, -0.05) is 18.2 Å². The summed E-state index contributed by atoms with van der Waals surface area (Å²) in [7, 11) is 1.77. The van der Waals surface area contributed by atoms with Gasteiger partial charge in [-0.15, -0.1) is 0 Å². The molecule has 1 amide bonds. The average molecular weight is 363 g/mol. The number of aryl methyl sites for hydroxylation is 3. The largest absolute Gasteiger partial charge is 0.483 e. The molecule has 3 aromatic rings. The molecule has 0 fully saturated rings. The van der Waals surface area contributed by atoms with E-state index < -0.39 is 0 Å². The van der Waals surface area contributed by atoms with E-state index in [0.717, 1.165) is 16.9 Å². The summed E-state index contributed by atoms with van der Waals surface area (Å²) in [5, 5.41) is 2.77. The van der Waals surface area contributed by atoms with Gasteiger partial charge in [0.05, 0.1) is 0 Å². The standard InChI is InChI=1S/C21H21N3O3/c1-14-5-4-6-15(2)20(14)27-13-18(25)23-17-9-7-16(8-10-17)19(26)21-22-11-12-24(21)3/h4-12H,13H2,1-3H3,(H,23,25). The molecule has 1 N–H and O–H groups in total. The molecule has 0 spiro atoms. The minimum absolute atomic E-state index is 0.0837. The summed E-state index contributed by atoms with van der Waals surface area (Å²) in [5.41, 5.74) is 3.08. The van der Waals surface area contributed by atoms with Gasteiger partial charge in [0.25, 0.3) is 5.91 Å². The first kappa shape index (κ1) is 18.4. The van der Waals surface area contributed by atoms with Crippen molar-refractivity contribution in [2.45, 2.75) is 13.8 Å². The molecule has 3 rings (SSSR count). The molecule has 0 aliphatic carbocycles. The highest BCUT2D eigenvalue weighted by molar-refractivity contribution is 6.07. The molecule has 0 atom stereocenters. The molecule has 0 bridgehead atoms. The van der Waals surface area contributed by atoms with Crippen LogP contribution in [0.2, 0.25) is 0 Å². The minimum atomic E-state index is -0.263. The lowest BCUT2D eigenvalue weighted by atomic mass is 10.1. The number of aromatic nitrogens is 2. The molecule has 0 aliphatic heterocycles. The van der Waals surface area contributed by atoms with Crippen molar-refractivity contribution >= 4 is 17.4 Å². The van der Waals surface area contributed by atoms with Crippen LogP contribution in [-0.4, -0.2) is 27.8 Å². The van der Waals surface area contributed by atoms with Crippen molar-refractivity contribution in [3.05, 3.63) is 77.4 Å². The van der Waals surface area contributed by atoms with Gasteiger partial charge in [-0.2, -0.15) is 0 Å². The Morgan fingerprint density at radius 1 is 1.07 bits per heavy atom. The first-order valence-electron chi connectivity index (χ1n) is 8.56. The number of nitrogens with one attached hydrogen (secondary N) is 1. The second-order valence-corrected chi connectivity index (χ2v) is 6.33. The molecule has 1 heterocycles. The Bertz CT molecular complexity index is 954. The number of hydrogen-bond acceptors (Lipinski definition) is 4. The maximum Gasteiger partial charge on any atom is 0.262 e. The van der Waals surface area contributed by atoms with Crippen LogP contribution in [0.4, 0.5) is 5.69 Å².